The minimum Gasteiger partial charge on any atom is -0.504 e. The standard InChI is InChI=1S/C57H38O6/c1-57(2)43-21-11-9-15-34(43)42-29-30(23-27-44(42)57)47-39(26-28-46-50(47)41-20-10-12-22-45(41)63-46)33-24-25-40(32-14-4-3-13-31(32)33)48-35-16-5-7-18-37(35)49(38-19-8-6-17-36(38)48)51-52(58)54(60)56(62)55(61)53(51)59/h3-29,58-62H,1-2H3. The lowest BCUT2D eigenvalue weighted by molar-refractivity contribution is 0.330. The van der Waals surface area contributed by atoms with Crippen LogP contribution < -0.4 is 0 Å². The predicted molar refractivity (Wildman–Crippen MR) is 254 cm³/mol. The third-order valence-electron chi connectivity index (χ3n) is 13.5. The third kappa shape index (κ3) is 5.00. The Morgan fingerprint density at radius 1 is 0.333 bits per heavy atom. The van der Waals surface area contributed by atoms with Crippen molar-refractivity contribution in [1.29, 1.82) is 0 Å². The molecule has 0 radical (unpaired) electrons. The number of aromatic hydroxyl groups is 5. The van der Waals surface area contributed by atoms with Gasteiger partial charge in [-0.2, -0.15) is 0 Å². The smallest absolute Gasteiger partial charge is 0.208 e. The molecule has 12 rings (SSSR count). The lowest BCUT2D eigenvalue weighted by Gasteiger charge is -2.22. The highest BCUT2D eigenvalue weighted by atomic mass is 16.4. The molecule has 0 atom stereocenters. The highest BCUT2D eigenvalue weighted by Crippen LogP contribution is 2.58. The number of phenolic OH excluding ortho intramolecular Hbond substituents is 5. The van der Waals surface area contributed by atoms with Gasteiger partial charge in [-0.1, -0.05) is 153 Å². The maximum atomic E-state index is 11.3. The minimum absolute atomic E-state index is 0.130. The molecule has 0 saturated heterocycles. The van der Waals surface area contributed by atoms with Crippen molar-refractivity contribution in [3.63, 3.8) is 0 Å². The summed E-state index contributed by atoms with van der Waals surface area (Å²) in [5.74, 6) is -4.33. The fourth-order valence-corrected chi connectivity index (χ4v) is 10.6. The Morgan fingerprint density at radius 3 is 1.49 bits per heavy atom. The Hall–Kier alpha value is -8.22. The summed E-state index contributed by atoms with van der Waals surface area (Å²) >= 11 is 0. The fourth-order valence-electron chi connectivity index (χ4n) is 10.6. The van der Waals surface area contributed by atoms with E-state index < -0.39 is 28.7 Å². The number of phenols is 5. The van der Waals surface area contributed by atoms with Gasteiger partial charge in [-0.05, 0) is 107 Å². The van der Waals surface area contributed by atoms with Gasteiger partial charge in [-0.15, -0.1) is 0 Å². The van der Waals surface area contributed by atoms with Crippen LogP contribution in [0.1, 0.15) is 25.0 Å². The van der Waals surface area contributed by atoms with Gasteiger partial charge in [-0.3, -0.25) is 0 Å². The molecule has 1 aromatic heterocycles. The van der Waals surface area contributed by atoms with Crippen molar-refractivity contribution in [2.75, 3.05) is 0 Å². The lowest BCUT2D eigenvalue weighted by Crippen LogP contribution is -2.14. The molecule has 302 valence electrons. The fraction of sp³-hybridized carbons (Fsp3) is 0.0526. The van der Waals surface area contributed by atoms with Crippen molar-refractivity contribution in [2.45, 2.75) is 19.3 Å². The van der Waals surface area contributed by atoms with Crippen LogP contribution in [-0.2, 0) is 5.41 Å². The van der Waals surface area contributed by atoms with Gasteiger partial charge in [0.1, 0.15) is 11.2 Å². The molecule has 11 aromatic rings. The van der Waals surface area contributed by atoms with Crippen LogP contribution in [0, 0.1) is 0 Å². The molecular weight excluding hydrogens is 781 g/mol. The SMILES string of the molecule is CC1(C)c2ccccc2-c2cc(-c3c(-c4ccc(-c5c6ccccc6c(-c6c(O)c(O)c(O)c(O)c6O)c6ccccc56)c5ccccc45)ccc4oc5ccccc5c34)ccc21. The van der Waals surface area contributed by atoms with E-state index in [9.17, 15) is 25.5 Å². The highest BCUT2D eigenvalue weighted by molar-refractivity contribution is 6.26. The average Bonchev–Trinajstić information content (AvgIpc) is 3.81. The van der Waals surface area contributed by atoms with Crippen LogP contribution in [0.25, 0.3) is 110 Å². The predicted octanol–water partition coefficient (Wildman–Crippen LogP) is 14.5. The van der Waals surface area contributed by atoms with Gasteiger partial charge >= 0.3 is 0 Å². The Labute approximate surface area is 361 Å². The average molecular weight is 819 g/mol. The molecule has 0 spiro atoms. The molecule has 63 heavy (non-hydrogen) atoms. The quantitative estimate of drug-likeness (QED) is 0.0686. The van der Waals surface area contributed by atoms with E-state index in [1.807, 2.05) is 60.7 Å². The maximum absolute atomic E-state index is 11.3. The number of benzene rings is 10. The largest absolute Gasteiger partial charge is 0.504 e. The molecule has 5 N–H and O–H groups in total. The van der Waals surface area contributed by atoms with E-state index in [2.05, 4.69) is 117 Å². The molecule has 0 bridgehead atoms. The van der Waals surface area contributed by atoms with E-state index in [1.165, 1.54) is 22.3 Å². The van der Waals surface area contributed by atoms with Gasteiger partial charge in [0, 0.05) is 27.3 Å². The molecule has 6 heteroatoms. The molecule has 1 aliphatic carbocycles. The first-order chi connectivity index (χ1) is 30.6. The Bertz CT molecular complexity index is 3690. The van der Waals surface area contributed by atoms with E-state index in [0.29, 0.717) is 16.3 Å². The summed E-state index contributed by atoms with van der Waals surface area (Å²) in [6, 6.07) is 56.4. The molecule has 6 nitrogen and oxygen atoms in total. The normalized spacial score (nSPS) is 13.0. The molecule has 0 unspecified atom stereocenters. The molecule has 1 heterocycles. The summed E-state index contributed by atoms with van der Waals surface area (Å²) in [5.41, 5.74) is 13.1. The second-order valence-electron chi connectivity index (χ2n) is 17.1. The topological polar surface area (TPSA) is 114 Å². The number of furan rings is 1. The molecule has 1 aliphatic rings. The number of para-hydroxylation sites is 1. The van der Waals surface area contributed by atoms with Gasteiger partial charge in [0.15, 0.2) is 11.5 Å². The van der Waals surface area contributed by atoms with E-state index in [1.54, 1.807) is 0 Å². The highest BCUT2D eigenvalue weighted by Gasteiger charge is 2.36. The summed E-state index contributed by atoms with van der Waals surface area (Å²) < 4.78 is 6.54. The first-order valence-corrected chi connectivity index (χ1v) is 21.0. The van der Waals surface area contributed by atoms with Gasteiger partial charge in [0.05, 0.1) is 5.56 Å². The van der Waals surface area contributed by atoms with Crippen molar-refractivity contribution in [3.8, 4) is 84.4 Å². The summed E-state index contributed by atoms with van der Waals surface area (Å²) in [6.45, 7) is 4.61. The lowest BCUT2D eigenvalue weighted by atomic mass is 9.81. The van der Waals surface area contributed by atoms with Crippen molar-refractivity contribution in [1.82, 2.24) is 0 Å². The zero-order valence-electron chi connectivity index (χ0n) is 34.2. The van der Waals surface area contributed by atoms with E-state index in [0.717, 1.165) is 76.9 Å². The number of hydrogen-bond donors (Lipinski definition) is 5. The first-order valence-electron chi connectivity index (χ1n) is 21.0. The zero-order chi connectivity index (χ0) is 42.9. The number of fused-ring (bicyclic) bond motifs is 9. The third-order valence-corrected chi connectivity index (χ3v) is 13.5. The second-order valence-corrected chi connectivity index (χ2v) is 17.1. The van der Waals surface area contributed by atoms with Gasteiger partial charge in [-0.25, -0.2) is 0 Å². The van der Waals surface area contributed by atoms with Crippen LogP contribution in [0.4, 0.5) is 0 Å². The second kappa shape index (κ2) is 13.1. The maximum Gasteiger partial charge on any atom is 0.208 e. The minimum atomic E-state index is -1.00. The van der Waals surface area contributed by atoms with E-state index in [4.69, 9.17) is 4.42 Å². The molecular formula is C57H38O6. The van der Waals surface area contributed by atoms with Gasteiger partial charge in [0.25, 0.3) is 0 Å². The van der Waals surface area contributed by atoms with Crippen molar-refractivity contribution >= 4 is 54.3 Å². The summed E-state index contributed by atoms with van der Waals surface area (Å²) in [4.78, 5) is 0. The van der Waals surface area contributed by atoms with E-state index >= 15 is 0 Å². The Kier molecular flexibility index (Phi) is 7.64. The van der Waals surface area contributed by atoms with Crippen molar-refractivity contribution in [2.24, 2.45) is 0 Å². The Morgan fingerprint density at radius 2 is 0.825 bits per heavy atom. The van der Waals surface area contributed by atoms with Crippen LogP contribution in [0.2, 0.25) is 0 Å². The first kappa shape index (κ1) is 36.6. The van der Waals surface area contributed by atoms with Crippen LogP contribution >= 0.6 is 0 Å². The van der Waals surface area contributed by atoms with Crippen LogP contribution in [0.15, 0.2) is 168 Å². The van der Waals surface area contributed by atoms with E-state index in [-0.39, 0.29) is 11.0 Å². The molecule has 0 amide bonds. The molecule has 0 aliphatic heterocycles. The molecule has 0 saturated carbocycles. The van der Waals surface area contributed by atoms with Gasteiger partial charge in [0.2, 0.25) is 17.2 Å². The van der Waals surface area contributed by atoms with Crippen LogP contribution in [0.5, 0.6) is 28.7 Å². The van der Waals surface area contributed by atoms with Gasteiger partial charge < -0.3 is 29.9 Å². The molecule has 0 fully saturated rings. The summed E-state index contributed by atoms with van der Waals surface area (Å²) in [6.07, 6.45) is 0. The summed E-state index contributed by atoms with van der Waals surface area (Å²) in [7, 11) is 0. The van der Waals surface area contributed by atoms with Crippen LogP contribution in [-0.4, -0.2) is 25.5 Å². The van der Waals surface area contributed by atoms with Crippen molar-refractivity contribution in [3.05, 3.63) is 175 Å². The number of rotatable bonds is 4. The molecule has 10 aromatic carbocycles. The van der Waals surface area contributed by atoms with Crippen molar-refractivity contribution < 1.29 is 29.9 Å². The van der Waals surface area contributed by atoms with Crippen LogP contribution in [0.3, 0.4) is 0 Å². The zero-order valence-corrected chi connectivity index (χ0v) is 34.2. The Balaban J connectivity index is 1.15. The monoisotopic (exact) mass is 818 g/mol. The number of hydrogen-bond acceptors (Lipinski definition) is 6. The summed E-state index contributed by atoms with van der Waals surface area (Å²) in [5, 5.41) is 61.4.